The van der Waals surface area contributed by atoms with E-state index >= 15 is 0 Å². The number of likely N-dealkylation sites (N-methyl/N-ethyl adjacent to an activating group) is 1. The predicted molar refractivity (Wildman–Crippen MR) is 117 cm³/mol. The Morgan fingerprint density at radius 2 is 1.83 bits per heavy atom. The third-order valence-electron chi connectivity index (χ3n) is 6.93. The second kappa shape index (κ2) is 8.40. The summed E-state index contributed by atoms with van der Waals surface area (Å²) in [6.45, 7) is 8.21. The maximum atomic E-state index is 13.2. The van der Waals surface area contributed by atoms with E-state index in [2.05, 4.69) is 40.6 Å². The van der Waals surface area contributed by atoms with Crippen molar-refractivity contribution in [2.45, 2.75) is 56.9 Å². The molecule has 0 saturated carbocycles. The lowest BCUT2D eigenvalue weighted by atomic mass is 9.71. The molecule has 1 aromatic heterocycles. The lowest BCUT2D eigenvalue weighted by Gasteiger charge is -2.41. The second-order valence-corrected chi connectivity index (χ2v) is 10.8. The van der Waals surface area contributed by atoms with Gasteiger partial charge < -0.3 is 9.47 Å². The molecule has 0 amide bonds. The fourth-order valence-corrected chi connectivity index (χ4v) is 6.69. The third kappa shape index (κ3) is 3.81. The smallest absolute Gasteiger partial charge is 0.243 e. The van der Waals surface area contributed by atoms with Gasteiger partial charge in [-0.05, 0) is 55.8 Å². The van der Waals surface area contributed by atoms with E-state index in [0.717, 1.165) is 56.7 Å². The molecule has 8 heteroatoms. The first-order valence-electron chi connectivity index (χ1n) is 11.0. The Kier molecular flexibility index (Phi) is 6.01. The summed E-state index contributed by atoms with van der Waals surface area (Å²) in [7, 11) is -1.29. The molecule has 1 atom stereocenters. The first kappa shape index (κ1) is 21.5. The predicted octanol–water partition coefficient (Wildman–Crippen LogP) is 2.75. The molecule has 3 heterocycles. The number of sulfonamides is 1. The Balaban J connectivity index is 1.53. The Hall–Kier alpha value is -1.77. The zero-order chi connectivity index (χ0) is 21.4. The van der Waals surface area contributed by atoms with Gasteiger partial charge in [-0.15, -0.1) is 10.2 Å². The summed E-state index contributed by atoms with van der Waals surface area (Å²) in [5.74, 6) is 1.36. The zero-order valence-electron chi connectivity index (χ0n) is 18.3. The number of hydrogen-bond acceptors (Lipinski definition) is 5. The molecule has 1 spiro atoms. The topological polar surface area (TPSA) is 71.3 Å². The van der Waals surface area contributed by atoms with E-state index in [4.69, 9.17) is 0 Å². The molecule has 2 fully saturated rings. The van der Waals surface area contributed by atoms with Crippen LogP contribution in [0.15, 0.2) is 35.5 Å². The van der Waals surface area contributed by atoms with Crippen LogP contribution < -0.4 is 0 Å². The molecule has 2 aliphatic heterocycles. The van der Waals surface area contributed by atoms with E-state index in [1.54, 1.807) is 16.4 Å². The van der Waals surface area contributed by atoms with Gasteiger partial charge in [-0.3, -0.25) is 0 Å². The minimum atomic E-state index is -3.45. The van der Waals surface area contributed by atoms with Gasteiger partial charge in [0.2, 0.25) is 10.0 Å². The van der Waals surface area contributed by atoms with Crippen LogP contribution in [0.5, 0.6) is 0 Å². The monoisotopic (exact) mass is 431 g/mol. The van der Waals surface area contributed by atoms with Crippen LogP contribution in [0, 0.1) is 5.41 Å². The van der Waals surface area contributed by atoms with E-state index in [1.165, 1.54) is 0 Å². The third-order valence-corrected chi connectivity index (χ3v) is 8.84. The van der Waals surface area contributed by atoms with Gasteiger partial charge in [0.15, 0.2) is 0 Å². The lowest BCUT2D eigenvalue weighted by Crippen LogP contribution is -2.46. The van der Waals surface area contributed by atoms with Crippen LogP contribution in [-0.2, 0) is 23.0 Å². The quantitative estimate of drug-likeness (QED) is 0.703. The van der Waals surface area contributed by atoms with Gasteiger partial charge in [0, 0.05) is 38.6 Å². The van der Waals surface area contributed by atoms with Crippen LogP contribution in [0.3, 0.4) is 0 Å². The molecule has 2 aliphatic rings. The van der Waals surface area contributed by atoms with Crippen LogP contribution in [0.2, 0.25) is 0 Å². The molecule has 4 rings (SSSR count). The van der Waals surface area contributed by atoms with Gasteiger partial charge in [-0.25, -0.2) is 8.42 Å². The molecule has 1 unspecified atom stereocenters. The number of piperidine rings is 1. The number of hydrogen-bond donors (Lipinski definition) is 0. The Morgan fingerprint density at radius 3 is 2.47 bits per heavy atom. The first-order valence-corrected chi connectivity index (χ1v) is 12.5. The van der Waals surface area contributed by atoms with Gasteiger partial charge in [0.05, 0.1) is 4.90 Å². The summed E-state index contributed by atoms with van der Waals surface area (Å²) in [5, 5.41) is 8.67. The van der Waals surface area contributed by atoms with E-state index in [1.807, 2.05) is 18.5 Å². The molecule has 1 aromatic carbocycles. The largest absolute Gasteiger partial charge is 0.317 e. The molecule has 0 N–H and O–H groups in total. The van der Waals surface area contributed by atoms with Gasteiger partial charge in [-0.2, -0.15) is 4.31 Å². The first-order chi connectivity index (χ1) is 14.4. The van der Waals surface area contributed by atoms with Crippen molar-refractivity contribution in [1.82, 2.24) is 24.0 Å². The van der Waals surface area contributed by atoms with Crippen molar-refractivity contribution in [3.8, 4) is 0 Å². The number of aromatic nitrogens is 3. The SMILES string of the molecule is CCCn1cnnc1C1CN(C)CC12CCN(S(=O)(=O)c1ccc(CC)cc1)CC2. The highest BCUT2D eigenvalue weighted by atomic mass is 32.2. The molecule has 0 bridgehead atoms. The van der Waals surface area contributed by atoms with E-state index < -0.39 is 10.0 Å². The maximum Gasteiger partial charge on any atom is 0.243 e. The van der Waals surface area contributed by atoms with E-state index in [0.29, 0.717) is 23.9 Å². The van der Waals surface area contributed by atoms with Crippen molar-refractivity contribution in [1.29, 1.82) is 0 Å². The van der Waals surface area contributed by atoms with Crippen LogP contribution >= 0.6 is 0 Å². The Morgan fingerprint density at radius 1 is 1.13 bits per heavy atom. The van der Waals surface area contributed by atoms with Crippen LogP contribution in [0.25, 0.3) is 0 Å². The average molecular weight is 432 g/mol. The Bertz CT molecular complexity index is 962. The van der Waals surface area contributed by atoms with Crippen molar-refractivity contribution in [2.75, 3.05) is 33.2 Å². The van der Waals surface area contributed by atoms with Gasteiger partial charge >= 0.3 is 0 Å². The van der Waals surface area contributed by atoms with Crippen LogP contribution in [0.4, 0.5) is 0 Å². The highest BCUT2D eigenvalue weighted by Crippen LogP contribution is 2.49. The lowest BCUT2D eigenvalue weighted by molar-refractivity contribution is 0.140. The second-order valence-electron chi connectivity index (χ2n) is 8.90. The fraction of sp³-hybridized carbons (Fsp3) is 0.636. The standard InChI is InChI=1S/C22H33N5O2S/c1-4-12-26-17-23-24-21(26)20-15-25(3)16-22(20)10-13-27(14-11-22)30(28,29)19-8-6-18(5-2)7-9-19/h6-9,17,20H,4-5,10-16H2,1-3H3. The summed E-state index contributed by atoms with van der Waals surface area (Å²) < 4.78 is 30.2. The summed E-state index contributed by atoms with van der Waals surface area (Å²) in [4.78, 5) is 2.77. The average Bonchev–Trinajstić information content (AvgIpc) is 3.32. The summed E-state index contributed by atoms with van der Waals surface area (Å²) in [5.41, 5.74) is 1.21. The van der Waals surface area contributed by atoms with E-state index in [-0.39, 0.29) is 5.41 Å². The van der Waals surface area contributed by atoms with Gasteiger partial charge in [-0.1, -0.05) is 26.0 Å². The van der Waals surface area contributed by atoms with Gasteiger partial charge in [0.1, 0.15) is 12.2 Å². The highest BCUT2D eigenvalue weighted by molar-refractivity contribution is 7.89. The zero-order valence-corrected chi connectivity index (χ0v) is 19.1. The van der Waals surface area contributed by atoms with Crippen LogP contribution in [0.1, 0.15) is 50.4 Å². The number of benzene rings is 1. The molecule has 0 aliphatic carbocycles. The van der Waals surface area contributed by atoms with Crippen LogP contribution in [-0.4, -0.2) is 65.6 Å². The summed E-state index contributed by atoms with van der Waals surface area (Å²) in [6.07, 6.45) is 5.50. The number of rotatable bonds is 6. The molecular formula is C22H33N5O2S. The van der Waals surface area contributed by atoms with Crippen molar-refractivity contribution < 1.29 is 8.42 Å². The molecule has 30 heavy (non-hydrogen) atoms. The normalized spacial score (nSPS) is 22.7. The molecule has 164 valence electrons. The summed E-state index contributed by atoms with van der Waals surface area (Å²) in [6, 6.07) is 7.33. The molecular weight excluding hydrogens is 398 g/mol. The minimum absolute atomic E-state index is 0.0609. The summed E-state index contributed by atoms with van der Waals surface area (Å²) >= 11 is 0. The molecule has 7 nitrogen and oxygen atoms in total. The number of aryl methyl sites for hydroxylation is 2. The van der Waals surface area contributed by atoms with Gasteiger partial charge in [0.25, 0.3) is 0 Å². The number of nitrogens with zero attached hydrogens (tertiary/aromatic N) is 5. The van der Waals surface area contributed by atoms with Crippen molar-refractivity contribution >= 4 is 10.0 Å². The maximum absolute atomic E-state index is 13.2. The Labute approximate surface area is 180 Å². The van der Waals surface area contributed by atoms with E-state index in [9.17, 15) is 8.42 Å². The van der Waals surface area contributed by atoms with Crippen molar-refractivity contribution in [2.24, 2.45) is 5.41 Å². The molecule has 2 saturated heterocycles. The van der Waals surface area contributed by atoms with Crippen molar-refractivity contribution in [3.63, 3.8) is 0 Å². The highest BCUT2D eigenvalue weighted by Gasteiger charge is 2.50. The molecule has 2 aromatic rings. The minimum Gasteiger partial charge on any atom is -0.317 e. The number of likely N-dealkylation sites (tertiary alicyclic amines) is 1. The fourth-order valence-electron chi connectivity index (χ4n) is 5.24. The van der Waals surface area contributed by atoms with Crippen molar-refractivity contribution in [3.05, 3.63) is 42.0 Å². The molecule has 0 radical (unpaired) electrons.